The summed E-state index contributed by atoms with van der Waals surface area (Å²) < 4.78 is 26.5. The lowest BCUT2D eigenvalue weighted by molar-refractivity contribution is 0.600. The maximum absolute atomic E-state index is 13.3. The summed E-state index contributed by atoms with van der Waals surface area (Å²) in [5.74, 6) is 0. The lowest BCUT2D eigenvalue weighted by Crippen LogP contribution is -2.12. The standard InChI is InChI=1S/C21H22O2S/c1-15-9-11-19(12-10-15)24(22,23)21-14-17(3)16(2)13-20(21)18-7-5-4-6-8-18/h4-12H,13-14H2,1-3H3. The zero-order valence-corrected chi connectivity index (χ0v) is 15.2. The largest absolute Gasteiger partial charge is 0.219 e. The first-order chi connectivity index (χ1) is 11.4. The van der Waals surface area contributed by atoms with Gasteiger partial charge in [0.15, 0.2) is 0 Å². The summed E-state index contributed by atoms with van der Waals surface area (Å²) in [6, 6.07) is 17.0. The van der Waals surface area contributed by atoms with Gasteiger partial charge in [-0.15, -0.1) is 0 Å². The average molecular weight is 338 g/mol. The van der Waals surface area contributed by atoms with Crippen molar-refractivity contribution in [3.05, 3.63) is 81.8 Å². The summed E-state index contributed by atoms with van der Waals surface area (Å²) in [4.78, 5) is 0.921. The van der Waals surface area contributed by atoms with E-state index in [0.717, 1.165) is 22.3 Å². The Bertz CT molecular complexity index is 916. The fraction of sp³-hybridized carbons (Fsp3) is 0.238. The molecule has 0 heterocycles. The van der Waals surface area contributed by atoms with E-state index in [9.17, 15) is 8.42 Å². The molecule has 0 amide bonds. The van der Waals surface area contributed by atoms with Crippen molar-refractivity contribution in [1.29, 1.82) is 0 Å². The summed E-state index contributed by atoms with van der Waals surface area (Å²) in [6.45, 7) is 6.08. The predicted molar refractivity (Wildman–Crippen MR) is 99.3 cm³/mol. The van der Waals surface area contributed by atoms with Gasteiger partial charge in [-0.3, -0.25) is 0 Å². The summed E-state index contributed by atoms with van der Waals surface area (Å²) in [6.07, 6.45) is 1.18. The highest BCUT2D eigenvalue weighted by Crippen LogP contribution is 2.40. The first kappa shape index (κ1) is 16.7. The zero-order chi connectivity index (χ0) is 17.3. The second-order valence-corrected chi connectivity index (χ2v) is 8.47. The monoisotopic (exact) mass is 338 g/mol. The smallest absolute Gasteiger partial charge is 0.203 e. The van der Waals surface area contributed by atoms with E-state index in [1.165, 1.54) is 5.57 Å². The maximum atomic E-state index is 13.3. The molecule has 0 saturated heterocycles. The molecule has 0 atom stereocenters. The number of hydrogen-bond acceptors (Lipinski definition) is 2. The van der Waals surface area contributed by atoms with E-state index in [4.69, 9.17) is 0 Å². The minimum absolute atomic E-state index is 0.379. The third kappa shape index (κ3) is 3.09. The van der Waals surface area contributed by atoms with Crippen molar-refractivity contribution < 1.29 is 8.42 Å². The second-order valence-electron chi connectivity index (χ2n) is 6.50. The van der Waals surface area contributed by atoms with E-state index in [2.05, 4.69) is 6.92 Å². The van der Waals surface area contributed by atoms with E-state index in [1.54, 1.807) is 12.1 Å². The lowest BCUT2D eigenvalue weighted by atomic mass is 9.89. The number of rotatable bonds is 3. The van der Waals surface area contributed by atoms with E-state index in [1.807, 2.05) is 56.3 Å². The lowest BCUT2D eigenvalue weighted by Gasteiger charge is -2.23. The molecular formula is C21H22O2S. The second kappa shape index (κ2) is 6.40. The van der Waals surface area contributed by atoms with Crippen LogP contribution in [0.15, 0.2) is 75.5 Å². The van der Waals surface area contributed by atoms with Crippen molar-refractivity contribution in [1.82, 2.24) is 0 Å². The van der Waals surface area contributed by atoms with Gasteiger partial charge >= 0.3 is 0 Å². The van der Waals surface area contributed by atoms with Crippen LogP contribution in [0.1, 0.15) is 37.8 Å². The molecule has 24 heavy (non-hydrogen) atoms. The quantitative estimate of drug-likeness (QED) is 0.711. The average Bonchev–Trinajstić information content (AvgIpc) is 2.58. The molecule has 2 aromatic carbocycles. The molecular weight excluding hydrogens is 316 g/mol. The van der Waals surface area contributed by atoms with Crippen molar-refractivity contribution in [2.75, 3.05) is 0 Å². The molecule has 0 unspecified atom stereocenters. The Hall–Kier alpha value is -2.13. The number of sulfone groups is 1. The normalized spacial score (nSPS) is 15.8. The zero-order valence-electron chi connectivity index (χ0n) is 14.3. The molecule has 3 heteroatoms. The number of benzene rings is 2. The van der Waals surface area contributed by atoms with Crippen LogP contribution in [0.25, 0.3) is 5.57 Å². The molecule has 0 radical (unpaired) electrons. The predicted octanol–water partition coefficient (Wildman–Crippen LogP) is 5.31. The van der Waals surface area contributed by atoms with Crippen LogP contribution in [-0.2, 0) is 9.84 Å². The van der Waals surface area contributed by atoms with Gasteiger partial charge in [0.1, 0.15) is 0 Å². The van der Waals surface area contributed by atoms with Crippen molar-refractivity contribution in [3.63, 3.8) is 0 Å². The fourth-order valence-electron chi connectivity index (χ4n) is 3.03. The minimum Gasteiger partial charge on any atom is -0.219 e. The molecule has 0 aromatic heterocycles. The number of aryl methyl sites for hydroxylation is 1. The van der Waals surface area contributed by atoms with E-state index in [0.29, 0.717) is 22.6 Å². The van der Waals surface area contributed by atoms with Crippen molar-refractivity contribution in [2.24, 2.45) is 0 Å². The van der Waals surface area contributed by atoms with Crippen molar-refractivity contribution >= 4 is 15.4 Å². The van der Waals surface area contributed by atoms with E-state index in [-0.39, 0.29) is 0 Å². The van der Waals surface area contributed by atoms with Gasteiger partial charge in [0.2, 0.25) is 9.84 Å². The Morgan fingerprint density at radius 2 is 1.33 bits per heavy atom. The summed E-state index contributed by atoms with van der Waals surface area (Å²) >= 11 is 0. The van der Waals surface area contributed by atoms with Crippen LogP contribution in [0.5, 0.6) is 0 Å². The number of allylic oxidation sites excluding steroid dienone is 4. The Morgan fingerprint density at radius 1 is 0.750 bits per heavy atom. The van der Waals surface area contributed by atoms with Gasteiger partial charge in [-0.25, -0.2) is 8.42 Å². The van der Waals surface area contributed by atoms with Crippen LogP contribution < -0.4 is 0 Å². The summed E-state index contributed by atoms with van der Waals surface area (Å²) in [7, 11) is -3.49. The fourth-order valence-corrected chi connectivity index (χ4v) is 4.73. The first-order valence-corrected chi connectivity index (χ1v) is 9.62. The molecule has 0 spiro atoms. The Morgan fingerprint density at radius 3 is 1.96 bits per heavy atom. The summed E-state index contributed by atoms with van der Waals surface area (Å²) in [5.41, 5.74) is 5.40. The molecule has 0 bridgehead atoms. The highest BCUT2D eigenvalue weighted by molar-refractivity contribution is 7.95. The van der Waals surface area contributed by atoms with Crippen LogP contribution in [0.3, 0.4) is 0 Å². The van der Waals surface area contributed by atoms with Gasteiger partial charge < -0.3 is 0 Å². The van der Waals surface area contributed by atoms with Crippen molar-refractivity contribution in [3.8, 4) is 0 Å². The molecule has 124 valence electrons. The van der Waals surface area contributed by atoms with Crippen LogP contribution in [0.2, 0.25) is 0 Å². The highest BCUT2D eigenvalue weighted by atomic mass is 32.2. The molecule has 1 aliphatic rings. The molecule has 0 aliphatic heterocycles. The van der Waals surface area contributed by atoms with E-state index >= 15 is 0 Å². The van der Waals surface area contributed by atoms with Crippen LogP contribution >= 0.6 is 0 Å². The number of hydrogen-bond donors (Lipinski definition) is 0. The molecule has 2 nitrogen and oxygen atoms in total. The van der Waals surface area contributed by atoms with Gasteiger partial charge in [0, 0.05) is 6.42 Å². The third-order valence-corrected chi connectivity index (χ3v) is 6.64. The molecule has 0 N–H and O–H groups in total. The SMILES string of the molecule is CC1=C(C)CC(S(=O)(=O)c2ccc(C)cc2)=C(c2ccccc2)C1. The van der Waals surface area contributed by atoms with Crippen LogP contribution in [-0.4, -0.2) is 8.42 Å². The minimum atomic E-state index is -3.49. The van der Waals surface area contributed by atoms with Gasteiger partial charge in [0.25, 0.3) is 0 Å². The van der Waals surface area contributed by atoms with Gasteiger partial charge in [0.05, 0.1) is 9.80 Å². The summed E-state index contributed by atoms with van der Waals surface area (Å²) in [5, 5.41) is 0. The topological polar surface area (TPSA) is 34.1 Å². The molecule has 3 rings (SSSR count). The van der Waals surface area contributed by atoms with Crippen LogP contribution in [0.4, 0.5) is 0 Å². The van der Waals surface area contributed by atoms with Crippen molar-refractivity contribution in [2.45, 2.75) is 38.5 Å². The third-order valence-electron chi connectivity index (χ3n) is 4.71. The maximum Gasteiger partial charge on any atom is 0.203 e. The molecule has 2 aromatic rings. The first-order valence-electron chi connectivity index (χ1n) is 8.14. The van der Waals surface area contributed by atoms with Gasteiger partial charge in [-0.05, 0) is 50.5 Å². The molecule has 1 aliphatic carbocycles. The highest BCUT2D eigenvalue weighted by Gasteiger charge is 2.28. The van der Waals surface area contributed by atoms with Gasteiger partial charge in [-0.2, -0.15) is 0 Å². The Balaban J connectivity index is 2.18. The Labute approximate surface area is 144 Å². The molecule has 0 fully saturated rings. The molecule has 0 saturated carbocycles. The van der Waals surface area contributed by atoms with Crippen LogP contribution in [0, 0.1) is 6.92 Å². The van der Waals surface area contributed by atoms with Gasteiger partial charge in [-0.1, -0.05) is 59.2 Å². The Kier molecular flexibility index (Phi) is 4.46. The van der Waals surface area contributed by atoms with E-state index < -0.39 is 9.84 Å².